The lowest BCUT2D eigenvalue weighted by Gasteiger charge is -2.40. The summed E-state index contributed by atoms with van der Waals surface area (Å²) in [6.07, 6.45) is -4.82. The van der Waals surface area contributed by atoms with Crippen molar-refractivity contribution in [2.75, 3.05) is 13.2 Å². The number of aliphatic hydroxyl groups is 4. The van der Waals surface area contributed by atoms with E-state index in [-0.39, 0.29) is 6.10 Å². The standard InChI is InChI=1S/C11H23NO6/c1-6(3-2-4-12)17-11-10(16)9(15)8(14)7(5-13)18-11/h6-11,13-16H,2-5,12H2,1H3. The third-order valence-electron chi connectivity index (χ3n) is 3.03. The first-order chi connectivity index (χ1) is 8.51. The number of nitrogens with two attached hydrogens (primary N) is 1. The maximum atomic E-state index is 9.73. The van der Waals surface area contributed by atoms with E-state index in [1.54, 1.807) is 6.92 Å². The zero-order chi connectivity index (χ0) is 13.7. The van der Waals surface area contributed by atoms with Crippen molar-refractivity contribution < 1.29 is 29.9 Å². The van der Waals surface area contributed by atoms with Gasteiger partial charge in [-0.25, -0.2) is 0 Å². The van der Waals surface area contributed by atoms with Crippen LogP contribution in [0.25, 0.3) is 0 Å². The fourth-order valence-electron chi connectivity index (χ4n) is 1.88. The van der Waals surface area contributed by atoms with Crippen LogP contribution in [0, 0.1) is 0 Å². The minimum Gasteiger partial charge on any atom is -0.394 e. The van der Waals surface area contributed by atoms with Gasteiger partial charge in [0.1, 0.15) is 24.4 Å². The molecule has 0 aromatic rings. The summed E-state index contributed by atoms with van der Waals surface area (Å²) in [5, 5.41) is 37.9. The van der Waals surface area contributed by atoms with Gasteiger partial charge in [0.15, 0.2) is 6.29 Å². The van der Waals surface area contributed by atoms with Gasteiger partial charge in [-0.05, 0) is 26.3 Å². The monoisotopic (exact) mass is 265 g/mol. The van der Waals surface area contributed by atoms with Gasteiger partial charge < -0.3 is 35.6 Å². The topological polar surface area (TPSA) is 125 Å². The van der Waals surface area contributed by atoms with Gasteiger partial charge in [-0.3, -0.25) is 0 Å². The van der Waals surface area contributed by atoms with Gasteiger partial charge in [0, 0.05) is 0 Å². The minimum atomic E-state index is -1.40. The zero-order valence-corrected chi connectivity index (χ0v) is 10.5. The predicted molar refractivity (Wildman–Crippen MR) is 62.6 cm³/mol. The number of rotatable bonds is 6. The van der Waals surface area contributed by atoms with Crippen LogP contribution in [0.15, 0.2) is 0 Å². The number of ether oxygens (including phenoxy) is 2. The van der Waals surface area contributed by atoms with E-state index in [1.807, 2.05) is 0 Å². The summed E-state index contributed by atoms with van der Waals surface area (Å²) < 4.78 is 10.7. The largest absolute Gasteiger partial charge is 0.394 e. The summed E-state index contributed by atoms with van der Waals surface area (Å²) in [6.45, 7) is 1.89. The molecule has 0 aromatic heterocycles. The quantitative estimate of drug-likeness (QED) is 0.373. The Morgan fingerprint density at radius 2 is 1.89 bits per heavy atom. The highest BCUT2D eigenvalue weighted by molar-refractivity contribution is 4.89. The maximum Gasteiger partial charge on any atom is 0.186 e. The molecule has 18 heavy (non-hydrogen) atoms. The molecule has 0 amide bonds. The average molecular weight is 265 g/mol. The lowest BCUT2D eigenvalue weighted by molar-refractivity contribution is -0.310. The molecule has 6 N–H and O–H groups in total. The lowest BCUT2D eigenvalue weighted by Crippen LogP contribution is -2.59. The minimum absolute atomic E-state index is 0.199. The van der Waals surface area contributed by atoms with Gasteiger partial charge in [0.25, 0.3) is 0 Å². The molecule has 1 heterocycles. The molecule has 1 aliphatic rings. The van der Waals surface area contributed by atoms with Crippen LogP contribution in [0.4, 0.5) is 0 Å². The molecule has 0 aliphatic carbocycles. The molecular formula is C11H23NO6. The van der Waals surface area contributed by atoms with Gasteiger partial charge in [0.2, 0.25) is 0 Å². The van der Waals surface area contributed by atoms with Gasteiger partial charge in [-0.1, -0.05) is 0 Å². The van der Waals surface area contributed by atoms with E-state index >= 15 is 0 Å². The predicted octanol–water partition coefficient (Wildman–Crippen LogP) is -2.07. The van der Waals surface area contributed by atoms with E-state index < -0.39 is 37.3 Å². The molecule has 0 aromatic carbocycles. The molecule has 1 saturated heterocycles. The Labute approximate surface area is 106 Å². The summed E-state index contributed by atoms with van der Waals surface area (Å²) in [6, 6.07) is 0. The molecule has 0 radical (unpaired) electrons. The highest BCUT2D eigenvalue weighted by atomic mass is 16.7. The summed E-state index contributed by atoms with van der Waals surface area (Å²) in [4.78, 5) is 0. The van der Waals surface area contributed by atoms with E-state index in [9.17, 15) is 15.3 Å². The van der Waals surface area contributed by atoms with Crippen molar-refractivity contribution >= 4 is 0 Å². The fraction of sp³-hybridized carbons (Fsp3) is 1.00. The van der Waals surface area contributed by atoms with Crippen molar-refractivity contribution in [1.29, 1.82) is 0 Å². The zero-order valence-electron chi connectivity index (χ0n) is 10.5. The number of hydrogen-bond acceptors (Lipinski definition) is 7. The first kappa shape index (κ1) is 15.8. The Kier molecular flexibility index (Phi) is 6.44. The maximum absolute atomic E-state index is 9.73. The van der Waals surface area contributed by atoms with Crippen LogP contribution in [0.2, 0.25) is 0 Å². The van der Waals surface area contributed by atoms with E-state index in [0.717, 1.165) is 6.42 Å². The second kappa shape index (κ2) is 7.34. The summed E-state index contributed by atoms with van der Waals surface area (Å²) in [5.41, 5.74) is 5.38. The van der Waals surface area contributed by atoms with E-state index in [1.165, 1.54) is 0 Å². The SMILES string of the molecule is CC(CCCN)OC1OC(CO)C(O)C(O)C1O. The van der Waals surface area contributed by atoms with E-state index in [4.69, 9.17) is 20.3 Å². The summed E-state index contributed by atoms with van der Waals surface area (Å²) in [7, 11) is 0. The summed E-state index contributed by atoms with van der Waals surface area (Å²) in [5.74, 6) is 0. The molecule has 1 aliphatic heterocycles. The van der Waals surface area contributed by atoms with Gasteiger partial charge in [-0.2, -0.15) is 0 Å². The smallest absolute Gasteiger partial charge is 0.186 e. The first-order valence-corrected chi connectivity index (χ1v) is 6.17. The third-order valence-corrected chi connectivity index (χ3v) is 3.03. The molecule has 108 valence electrons. The average Bonchev–Trinajstić information content (AvgIpc) is 2.37. The Morgan fingerprint density at radius 1 is 1.22 bits per heavy atom. The molecular weight excluding hydrogens is 242 g/mol. The summed E-state index contributed by atoms with van der Waals surface area (Å²) >= 11 is 0. The Morgan fingerprint density at radius 3 is 2.44 bits per heavy atom. The van der Waals surface area contributed by atoms with Crippen LogP contribution in [0.1, 0.15) is 19.8 Å². The van der Waals surface area contributed by atoms with E-state index in [0.29, 0.717) is 13.0 Å². The van der Waals surface area contributed by atoms with Crippen LogP contribution in [0.5, 0.6) is 0 Å². The van der Waals surface area contributed by atoms with Crippen molar-refractivity contribution in [3.05, 3.63) is 0 Å². The number of aliphatic hydroxyl groups excluding tert-OH is 4. The van der Waals surface area contributed by atoms with Gasteiger partial charge in [0.05, 0.1) is 12.7 Å². The van der Waals surface area contributed by atoms with Crippen molar-refractivity contribution in [2.24, 2.45) is 5.73 Å². The first-order valence-electron chi connectivity index (χ1n) is 6.17. The normalized spacial score (nSPS) is 38.7. The van der Waals surface area contributed by atoms with Crippen LogP contribution >= 0.6 is 0 Å². The van der Waals surface area contributed by atoms with Crippen LogP contribution in [-0.4, -0.2) is 70.4 Å². The highest BCUT2D eigenvalue weighted by Gasteiger charge is 2.44. The molecule has 1 rings (SSSR count). The van der Waals surface area contributed by atoms with Crippen molar-refractivity contribution in [2.45, 2.75) is 56.6 Å². The molecule has 7 nitrogen and oxygen atoms in total. The Hall–Kier alpha value is -0.280. The van der Waals surface area contributed by atoms with Crippen molar-refractivity contribution in [1.82, 2.24) is 0 Å². The van der Waals surface area contributed by atoms with E-state index in [2.05, 4.69) is 0 Å². The fourth-order valence-corrected chi connectivity index (χ4v) is 1.88. The molecule has 0 spiro atoms. The van der Waals surface area contributed by atoms with Crippen LogP contribution < -0.4 is 5.73 Å². The lowest BCUT2D eigenvalue weighted by atomic mass is 9.99. The molecule has 6 atom stereocenters. The van der Waals surface area contributed by atoms with Gasteiger partial charge >= 0.3 is 0 Å². The van der Waals surface area contributed by atoms with Gasteiger partial charge in [-0.15, -0.1) is 0 Å². The highest BCUT2D eigenvalue weighted by Crippen LogP contribution is 2.23. The van der Waals surface area contributed by atoms with Crippen LogP contribution in [-0.2, 0) is 9.47 Å². The second-order valence-electron chi connectivity index (χ2n) is 4.57. The molecule has 0 bridgehead atoms. The third kappa shape index (κ3) is 3.86. The van der Waals surface area contributed by atoms with Crippen molar-refractivity contribution in [3.8, 4) is 0 Å². The number of hydrogen-bond donors (Lipinski definition) is 5. The Balaban J connectivity index is 2.53. The molecule has 7 heteroatoms. The molecule has 0 saturated carbocycles. The molecule has 1 fully saturated rings. The van der Waals surface area contributed by atoms with Crippen LogP contribution in [0.3, 0.4) is 0 Å². The Bertz CT molecular complexity index is 240. The second-order valence-corrected chi connectivity index (χ2v) is 4.57. The van der Waals surface area contributed by atoms with Crippen molar-refractivity contribution in [3.63, 3.8) is 0 Å². The molecule has 6 unspecified atom stereocenters.